The van der Waals surface area contributed by atoms with Crippen LogP contribution in [0.15, 0.2) is 21.3 Å². The molecule has 2 aromatic heterocycles. The lowest BCUT2D eigenvalue weighted by molar-refractivity contribution is 0.796. The number of rotatable bonds is 0. The normalized spacial score (nSPS) is 10.9. The highest BCUT2D eigenvalue weighted by Gasteiger charge is 2.04. The third-order valence-electron chi connectivity index (χ3n) is 1.64. The highest BCUT2D eigenvalue weighted by molar-refractivity contribution is 9.13. The van der Waals surface area contributed by atoms with Crippen molar-refractivity contribution in [3.05, 3.63) is 21.3 Å². The summed E-state index contributed by atoms with van der Waals surface area (Å²) in [4.78, 5) is 4.28. The summed E-state index contributed by atoms with van der Waals surface area (Å²) in [6, 6.07) is 1.99. The second-order valence-corrected chi connectivity index (χ2v) is 4.04. The highest BCUT2D eigenvalue weighted by Crippen LogP contribution is 2.24. The summed E-state index contributed by atoms with van der Waals surface area (Å²) in [6.45, 7) is 0. The number of pyridine rings is 1. The molecule has 5 heteroatoms. The van der Waals surface area contributed by atoms with Crippen LogP contribution in [0.4, 0.5) is 0 Å². The minimum absolute atomic E-state index is 0.808. The number of aromatic nitrogens is 3. The van der Waals surface area contributed by atoms with Gasteiger partial charge in [0.05, 0.1) is 16.2 Å². The maximum atomic E-state index is 4.28. The van der Waals surface area contributed by atoms with Gasteiger partial charge in [-0.15, -0.1) is 0 Å². The Kier molecular flexibility index (Phi) is 1.92. The molecule has 0 aromatic carbocycles. The molecule has 0 radical (unpaired) electrons. The van der Waals surface area contributed by atoms with E-state index in [0.717, 1.165) is 20.1 Å². The predicted octanol–water partition coefficient (Wildman–Crippen LogP) is 2.49. The molecule has 2 heterocycles. The van der Waals surface area contributed by atoms with E-state index in [2.05, 4.69) is 41.9 Å². The lowest BCUT2D eigenvalue weighted by Gasteiger charge is -1.96. The van der Waals surface area contributed by atoms with Gasteiger partial charge in [-0.3, -0.25) is 4.68 Å². The second-order valence-electron chi connectivity index (χ2n) is 2.43. The van der Waals surface area contributed by atoms with Crippen molar-refractivity contribution in [2.45, 2.75) is 0 Å². The van der Waals surface area contributed by atoms with Crippen molar-refractivity contribution < 1.29 is 0 Å². The molecule has 3 nitrogen and oxygen atoms in total. The topological polar surface area (TPSA) is 30.7 Å². The van der Waals surface area contributed by atoms with Gasteiger partial charge in [0.1, 0.15) is 10.1 Å². The molecule has 0 saturated heterocycles. The molecule has 0 aliphatic rings. The van der Waals surface area contributed by atoms with Crippen LogP contribution in [0.1, 0.15) is 0 Å². The third kappa shape index (κ3) is 1.17. The Labute approximate surface area is 86.0 Å². The van der Waals surface area contributed by atoms with E-state index in [1.54, 1.807) is 10.9 Å². The monoisotopic (exact) mass is 289 g/mol. The van der Waals surface area contributed by atoms with Crippen molar-refractivity contribution in [1.82, 2.24) is 14.8 Å². The van der Waals surface area contributed by atoms with Crippen LogP contribution in [-0.2, 0) is 7.05 Å². The van der Waals surface area contributed by atoms with Crippen molar-refractivity contribution in [1.29, 1.82) is 0 Å². The Hall–Kier alpha value is -0.420. The first kappa shape index (κ1) is 8.19. The maximum Gasteiger partial charge on any atom is 0.121 e. The zero-order valence-electron chi connectivity index (χ0n) is 6.25. The lowest BCUT2D eigenvalue weighted by atomic mass is 10.4. The van der Waals surface area contributed by atoms with Gasteiger partial charge in [0.2, 0.25) is 0 Å². The second kappa shape index (κ2) is 2.81. The number of hydrogen-bond donors (Lipinski definition) is 0. The molecule has 0 aliphatic heterocycles. The Balaban J connectivity index is 2.87. The summed E-state index contributed by atoms with van der Waals surface area (Å²) < 4.78 is 3.54. The average Bonchev–Trinajstić information content (AvgIpc) is 2.35. The average molecular weight is 291 g/mol. The van der Waals surface area contributed by atoms with Gasteiger partial charge in [-0.2, -0.15) is 5.10 Å². The Morgan fingerprint density at radius 2 is 2.17 bits per heavy atom. The smallest absolute Gasteiger partial charge is 0.121 e. The summed E-state index contributed by atoms with van der Waals surface area (Å²) in [5.41, 5.74) is 1.91. The number of halogens is 2. The molecule has 0 fully saturated rings. The van der Waals surface area contributed by atoms with Crippen molar-refractivity contribution >= 4 is 42.9 Å². The first-order valence-electron chi connectivity index (χ1n) is 3.32. The van der Waals surface area contributed by atoms with Crippen LogP contribution in [0.25, 0.3) is 11.0 Å². The van der Waals surface area contributed by atoms with Gasteiger partial charge >= 0.3 is 0 Å². The van der Waals surface area contributed by atoms with Crippen molar-refractivity contribution in [2.75, 3.05) is 0 Å². The Bertz CT molecular complexity index is 435. The van der Waals surface area contributed by atoms with E-state index in [-0.39, 0.29) is 0 Å². The van der Waals surface area contributed by atoms with Gasteiger partial charge in [0, 0.05) is 7.05 Å². The van der Waals surface area contributed by atoms with Crippen LogP contribution in [0.2, 0.25) is 0 Å². The minimum Gasteiger partial charge on any atom is -0.266 e. The van der Waals surface area contributed by atoms with Gasteiger partial charge in [0.15, 0.2) is 0 Å². The fourth-order valence-electron chi connectivity index (χ4n) is 1.03. The van der Waals surface area contributed by atoms with Crippen molar-refractivity contribution in [3.8, 4) is 0 Å². The van der Waals surface area contributed by atoms with E-state index in [1.165, 1.54) is 0 Å². The summed E-state index contributed by atoms with van der Waals surface area (Å²) >= 11 is 6.72. The zero-order valence-corrected chi connectivity index (χ0v) is 9.42. The van der Waals surface area contributed by atoms with E-state index in [0.29, 0.717) is 0 Å². The van der Waals surface area contributed by atoms with Gasteiger partial charge in [-0.05, 0) is 37.9 Å². The molecule has 0 unspecified atom stereocenters. The molecular weight excluding hydrogens is 286 g/mol. The SMILES string of the molecule is Cn1ncc2nc(Br)c(Br)cc21. The van der Waals surface area contributed by atoms with Gasteiger partial charge in [0.25, 0.3) is 0 Å². The molecule has 62 valence electrons. The minimum atomic E-state index is 0.808. The fourth-order valence-corrected chi connectivity index (χ4v) is 1.64. The van der Waals surface area contributed by atoms with Gasteiger partial charge in [-0.25, -0.2) is 4.98 Å². The molecule has 0 saturated carbocycles. The van der Waals surface area contributed by atoms with Crippen LogP contribution in [0.3, 0.4) is 0 Å². The first-order valence-corrected chi connectivity index (χ1v) is 4.91. The molecule has 2 aromatic rings. The largest absolute Gasteiger partial charge is 0.266 e. The molecule has 0 amide bonds. The Morgan fingerprint density at radius 1 is 1.42 bits per heavy atom. The number of aryl methyl sites for hydroxylation is 1. The standard InChI is InChI=1S/C7H5Br2N3/c1-12-6-2-4(8)7(9)11-5(6)3-10-12/h2-3H,1H3. The van der Waals surface area contributed by atoms with E-state index >= 15 is 0 Å². The van der Waals surface area contributed by atoms with Crippen molar-refractivity contribution in [2.24, 2.45) is 7.05 Å². The molecule has 0 aliphatic carbocycles. The lowest BCUT2D eigenvalue weighted by Crippen LogP contribution is -1.89. The number of hydrogen-bond acceptors (Lipinski definition) is 2. The van der Waals surface area contributed by atoms with E-state index in [1.807, 2.05) is 13.1 Å². The summed E-state index contributed by atoms with van der Waals surface area (Å²) in [6.07, 6.45) is 1.74. The zero-order chi connectivity index (χ0) is 8.72. The number of fused-ring (bicyclic) bond motifs is 1. The van der Waals surface area contributed by atoms with E-state index < -0.39 is 0 Å². The van der Waals surface area contributed by atoms with E-state index in [9.17, 15) is 0 Å². The summed E-state index contributed by atoms with van der Waals surface area (Å²) in [5, 5.41) is 4.09. The van der Waals surface area contributed by atoms with Crippen molar-refractivity contribution in [3.63, 3.8) is 0 Å². The molecule has 0 spiro atoms. The van der Waals surface area contributed by atoms with Gasteiger partial charge in [-0.1, -0.05) is 0 Å². The molecule has 0 bridgehead atoms. The number of nitrogens with zero attached hydrogens (tertiary/aromatic N) is 3. The summed E-state index contributed by atoms with van der Waals surface area (Å²) in [7, 11) is 1.89. The first-order chi connectivity index (χ1) is 5.68. The third-order valence-corrected chi connectivity index (χ3v) is 3.38. The summed E-state index contributed by atoms with van der Waals surface area (Å²) in [5.74, 6) is 0. The van der Waals surface area contributed by atoms with Crippen LogP contribution in [-0.4, -0.2) is 14.8 Å². The van der Waals surface area contributed by atoms with Crippen LogP contribution in [0, 0.1) is 0 Å². The quantitative estimate of drug-likeness (QED) is 0.698. The maximum absolute atomic E-state index is 4.28. The van der Waals surface area contributed by atoms with E-state index in [4.69, 9.17) is 0 Å². The molecule has 2 rings (SSSR count). The van der Waals surface area contributed by atoms with Crippen LogP contribution >= 0.6 is 31.9 Å². The Morgan fingerprint density at radius 3 is 2.92 bits per heavy atom. The van der Waals surface area contributed by atoms with Crippen LogP contribution in [0.5, 0.6) is 0 Å². The van der Waals surface area contributed by atoms with Gasteiger partial charge < -0.3 is 0 Å². The van der Waals surface area contributed by atoms with Crippen LogP contribution < -0.4 is 0 Å². The molecule has 0 N–H and O–H groups in total. The highest BCUT2D eigenvalue weighted by atomic mass is 79.9. The fraction of sp³-hybridized carbons (Fsp3) is 0.143. The predicted molar refractivity (Wildman–Crippen MR) is 53.9 cm³/mol. The molecule has 12 heavy (non-hydrogen) atoms. The molecule has 0 atom stereocenters. The molecular formula is C7H5Br2N3.